The van der Waals surface area contributed by atoms with Crippen LogP contribution in [0.1, 0.15) is 49.2 Å². The highest BCUT2D eigenvalue weighted by atomic mass is 32.2. The Morgan fingerprint density at radius 3 is 2.45 bits per heavy atom. The zero-order valence-corrected chi connectivity index (χ0v) is 13.7. The van der Waals surface area contributed by atoms with Crippen LogP contribution in [0, 0.1) is 0 Å². The summed E-state index contributed by atoms with van der Waals surface area (Å²) in [4.78, 5) is 4.16. The van der Waals surface area contributed by atoms with Gasteiger partial charge < -0.3 is 4.52 Å². The molecule has 0 aliphatic heterocycles. The summed E-state index contributed by atoms with van der Waals surface area (Å²) in [6, 6.07) is 9.56. The van der Waals surface area contributed by atoms with Gasteiger partial charge in [0, 0.05) is 5.92 Å². The Bertz CT molecular complexity index is 734. The molecular formula is C16H20N2O3S. The van der Waals surface area contributed by atoms with Crippen LogP contribution in [0.25, 0.3) is 6.08 Å². The topological polar surface area (TPSA) is 73.1 Å². The molecule has 118 valence electrons. The largest absolute Gasteiger partial charge is 0.338 e. The molecule has 2 rings (SSSR count). The summed E-state index contributed by atoms with van der Waals surface area (Å²) < 4.78 is 29.7. The van der Waals surface area contributed by atoms with Crippen LogP contribution >= 0.6 is 0 Å². The van der Waals surface area contributed by atoms with Gasteiger partial charge in [0.2, 0.25) is 5.89 Å². The van der Waals surface area contributed by atoms with Crippen molar-refractivity contribution in [1.82, 2.24) is 10.1 Å². The molecule has 0 amide bonds. The van der Waals surface area contributed by atoms with Gasteiger partial charge in [-0.3, -0.25) is 0 Å². The van der Waals surface area contributed by atoms with E-state index in [0.717, 1.165) is 5.56 Å². The predicted molar refractivity (Wildman–Crippen MR) is 86.1 cm³/mol. The van der Waals surface area contributed by atoms with Crippen molar-refractivity contribution in [3.05, 3.63) is 53.7 Å². The van der Waals surface area contributed by atoms with Crippen molar-refractivity contribution in [2.45, 2.75) is 31.9 Å². The molecule has 0 fully saturated rings. The maximum atomic E-state index is 12.3. The van der Waals surface area contributed by atoms with E-state index >= 15 is 0 Å². The lowest BCUT2D eigenvalue weighted by molar-refractivity contribution is 0.369. The monoisotopic (exact) mass is 320 g/mol. The SMILES string of the molecule is CC(C)c1noc(C(C)S(=O)(=O)C/C=C/c2ccccc2)n1. The van der Waals surface area contributed by atoms with E-state index in [4.69, 9.17) is 4.52 Å². The van der Waals surface area contributed by atoms with Gasteiger partial charge in [0.1, 0.15) is 5.25 Å². The summed E-state index contributed by atoms with van der Waals surface area (Å²) in [5.41, 5.74) is 0.963. The molecule has 1 aromatic heterocycles. The minimum Gasteiger partial charge on any atom is -0.338 e. The number of hydrogen-bond donors (Lipinski definition) is 0. The third-order valence-electron chi connectivity index (χ3n) is 3.30. The molecule has 0 saturated carbocycles. The molecule has 0 N–H and O–H groups in total. The summed E-state index contributed by atoms with van der Waals surface area (Å²) in [7, 11) is -3.38. The zero-order valence-electron chi connectivity index (χ0n) is 12.9. The van der Waals surface area contributed by atoms with Crippen LogP contribution in [-0.2, 0) is 9.84 Å². The minimum atomic E-state index is -3.38. The average molecular weight is 320 g/mol. The quantitative estimate of drug-likeness (QED) is 0.815. The van der Waals surface area contributed by atoms with Crippen LogP contribution in [-0.4, -0.2) is 24.3 Å². The molecule has 0 bridgehead atoms. The Labute approximate surface area is 131 Å². The molecule has 0 aliphatic carbocycles. The Hall–Kier alpha value is -1.95. The van der Waals surface area contributed by atoms with E-state index in [0.29, 0.717) is 5.82 Å². The van der Waals surface area contributed by atoms with Crippen molar-refractivity contribution < 1.29 is 12.9 Å². The molecule has 0 saturated heterocycles. The zero-order chi connectivity index (χ0) is 16.2. The summed E-state index contributed by atoms with van der Waals surface area (Å²) in [6.45, 7) is 5.43. The number of sulfone groups is 1. The van der Waals surface area contributed by atoms with E-state index in [9.17, 15) is 8.42 Å². The molecule has 0 aliphatic rings. The number of nitrogens with zero attached hydrogens (tertiary/aromatic N) is 2. The van der Waals surface area contributed by atoms with E-state index in [-0.39, 0.29) is 17.6 Å². The molecule has 5 nitrogen and oxygen atoms in total. The average Bonchev–Trinajstić information content (AvgIpc) is 2.97. The Morgan fingerprint density at radius 2 is 1.86 bits per heavy atom. The van der Waals surface area contributed by atoms with Crippen LogP contribution in [0.3, 0.4) is 0 Å². The van der Waals surface area contributed by atoms with Crippen LogP contribution in [0.2, 0.25) is 0 Å². The van der Waals surface area contributed by atoms with E-state index in [1.54, 1.807) is 19.1 Å². The summed E-state index contributed by atoms with van der Waals surface area (Å²) >= 11 is 0. The number of aromatic nitrogens is 2. The fourth-order valence-corrected chi connectivity index (χ4v) is 2.88. The molecule has 6 heteroatoms. The fourth-order valence-electron chi connectivity index (χ4n) is 1.83. The molecule has 0 spiro atoms. The lowest BCUT2D eigenvalue weighted by atomic mass is 10.2. The van der Waals surface area contributed by atoms with Crippen molar-refractivity contribution in [2.75, 3.05) is 5.75 Å². The second kappa shape index (κ2) is 6.87. The van der Waals surface area contributed by atoms with Gasteiger partial charge in [-0.2, -0.15) is 4.98 Å². The molecule has 1 aromatic carbocycles. The van der Waals surface area contributed by atoms with E-state index in [1.165, 1.54) is 0 Å². The molecule has 1 atom stereocenters. The van der Waals surface area contributed by atoms with Crippen molar-refractivity contribution in [3.8, 4) is 0 Å². The molecule has 22 heavy (non-hydrogen) atoms. The van der Waals surface area contributed by atoms with Gasteiger partial charge in [0.15, 0.2) is 15.7 Å². The van der Waals surface area contributed by atoms with Gasteiger partial charge in [-0.1, -0.05) is 61.5 Å². The van der Waals surface area contributed by atoms with Crippen molar-refractivity contribution in [2.24, 2.45) is 0 Å². The molecule has 1 unspecified atom stereocenters. The first-order chi connectivity index (χ1) is 10.4. The van der Waals surface area contributed by atoms with Gasteiger partial charge in [-0.15, -0.1) is 0 Å². The van der Waals surface area contributed by atoms with Crippen molar-refractivity contribution in [1.29, 1.82) is 0 Å². The van der Waals surface area contributed by atoms with Crippen LogP contribution in [0.5, 0.6) is 0 Å². The summed E-state index contributed by atoms with van der Waals surface area (Å²) in [5.74, 6) is 0.710. The third kappa shape index (κ3) is 4.04. The maximum Gasteiger partial charge on any atom is 0.244 e. The Kier molecular flexibility index (Phi) is 5.13. The highest BCUT2D eigenvalue weighted by molar-refractivity contribution is 7.91. The van der Waals surface area contributed by atoms with Gasteiger partial charge in [0.25, 0.3) is 0 Å². The Morgan fingerprint density at radius 1 is 1.18 bits per heavy atom. The number of hydrogen-bond acceptors (Lipinski definition) is 5. The maximum absolute atomic E-state index is 12.3. The van der Waals surface area contributed by atoms with Gasteiger partial charge in [-0.25, -0.2) is 8.42 Å². The number of benzene rings is 1. The van der Waals surface area contributed by atoms with Crippen LogP contribution in [0.4, 0.5) is 0 Å². The van der Waals surface area contributed by atoms with Crippen LogP contribution in [0.15, 0.2) is 40.9 Å². The molecular weight excluding hydrogens is 300 g/mol. The Balaban J connectivity index is 2.07. The van der Waals surface area contributed by atoms with Crippen molar-refractivity contribution >= 4 is 15.9 Å². The second-order valence-electron chi connectivity index (χ2n) is 5.43. The van der Waals surface area contributed by atoms with E-state index in [2.05, 4.69) is 10.1 Å². The van der Waals surface area contributed by atoms with E-state index in [1.807, 2.05) is 44.2 Å². The molecule has 0 radical (unpaired) electrons. The van der Waals surface area contributed by atoms with Crippen LogP contribution < -0.4 is 0 Å². The minimum absolute atomic E-state index is 0.0670. The van der Waals surface area contributed by atoms with E-state index < -0.39 is 15.1 Å². The summed E-state index contributed by atoms with van der Waals surface area (Å²) in [6.07, 6.45) is 3.43. The second-order valence-corrected chi connectivity index (χ2v) is 7.80. The first-order valence-electron chi connectivity index (χ1n) is 7.17. The highest BCUT2D eigenvalue weighted by Gasteiger charge is 2.27. The highest BCUT2D eigenvalue weighted by Crippen LogP contribution is 2.23. The summed E-state index contributed by atoms with van der Waals surface area (Å²) in [5, 5.41) is 3.00. The predicted octanol–water partition coefficient (Wildman–Crippen LogP) is 3.38. The number of rotatable bonds is 6. The fraction of sp³-hybridized carbons (Fsp3) is 0.375. The molecule has 1 heterocycles. The molecule has 2 aromatic rings. The lowest BCUT2D eigenvalue weighted by Crippen LogP contribution is -2.13. The smallest absolute Gasteiger partial charge is 0.244 e. The lowest BCUT2D eigenvalue weighted by Gasteiger charge is -2.06. The first-order valence-corrected chi connectivity index (χ1v) is 8.88. The normalized spacial score (nSPS) is 13.8. The third-order valence-corrected chi connectivity index (χ3v) is 5.23. The van der Waals surface area contributed by atoms with Gasteiger partial charge >= 0.3 is 0 Å². The first kappa shape index (κ1) is 16.4. The van der Waals surface area contributed by atoms with Gasteiger partial charge in [-0.05, 0) is 12.5 Å². The standard InChI is InChI=1S/C16H20N2O3S/c1-12(2)15-17-16(21-18-15)13(3)22(19,20)11-7-10-14-8-5-4-6-9-14/h4-10,12-13H,11H2,1-3H3/b10-7+. The van der Waals surface area contributed by atoms with Crippen molar-refractivity contribution in [3.63, 3.8) is 0 Å². The van der Waals surface area contributed by atoms with Gasteiger partial charge in [0.05, 0.1) is 5.75 Å².